The van der Waals surface area contributed by atoms with Crippen LogP contribution in [-0.4, -0.2) is 30.5 Å². The zero-order chi connectivity index (χ0) is 14.3. The molecule has 1 amide bonds. The molecule has 1 aromatic rings. The second-order valence-electron chi connectivity index (χ2n) is 3.91. The van der Waals surface area contributed by atoms with E-state index in [-0.39, 0.29) is 29.4 Å². The Morgan fingerprint density at radius 3 is 2.79 bits per heavy atom. The molecule has 1 atom stereocenters. The second kappa shape index (κ2) is 8.07. The molecule has 1 N–H and O–H groups in total. The van der Waals surface area contributed by atoms with Crippen LogP contribution < -0.4 is 5.32 Å². The maximum absolute atomic E-state index is 11.7. The summed E-state index contributed by atoms with van der Waals surface area (Å²) in [5.41, 5.74) is 0.943. The smallest absolute Gasteiger partial charge is 0.315 e. The highest BCUT2D eigenvalue weighted by Gasteiger charge is 2.10. The number of ether oxygens (including phenoxy) is 1. The Morgan fingerprint density at radius 2 is 2.16 bits per heavy atom. The third-order valence-corrected chi connectivity index (χ3v) is 3.55. The van der Waals surface area contributed by atoms with Crippen molar-refractivity contribution in [3.8, 4) is 0 Å². The molecule has 0 bridgehead atoms. The van der Waals surface area contributed by atoms with Crippen molar-refractivity contribution in [1.29, 1.82) is 0 Å². The third kappa shape index (κ3) is 5.98. The molecule has 4 nitrogen and oxygen atoms in total. The molecule has 1 unspecified atom stereocenters. The van der Waals surface area contributed by atoms with Crippen LogP contribution in [0.3, 0.4) is 0 Å². The van der Waals surface area contributed by atoms with E-state index in [0.717, 1.165) is 5.56 Å². The minimum Gasteiger partial charge on any atom is -0.468 e. The average molecular weight is 302 g/mol. The van der Waals surface area contributed by atoms with Gasteiger partial charge in [-0.1, -0.05) is 23.7 Å². The van der Waals surface area contributed by atoms with Crippen LogP contribution in [0.5, 0.6) is 0 Å². The summed E-state index contributed by atoms with van der Waals surface area (Å²) in [5.74, 6) is -0.0581. The van der Waals surface area contributed by atoms with Gasteiger partial charge in [0, 0.05) is 5.02 Å². The van der Waals surface area contributed by atoms with E-state index in [1.54, 1.807) is 6.07 Å². The number of thioether (sulfide) groups is 1. The number of carbonyl (C=O) groups is 2. The molecular formula is C13H16ClNO3S. The van der Waals surface area contributed by atoms with Gasteiger partial charge in [0.2, 0.25) is 5.91 Å². The molecule has 0 aliphatic carbocycles. The molecule has 0 saturated heterocycles. The van der Waals surface area contributed by atoms with E-state index >= 15 is 0 Å². The fraction of sp³-hybridized carbons (Fsp3) is 0.385. The Bertz CT molecular complexity index is 453. The van der Waals surface area contributed by atoms with Gasteiger partial charge in [-0.05, 0) is 24.6 Å². The molecule has 0 heterocycles. The van der Waals surface area contributed by atoms with Gasteiger partial charge in [0.1, 0.15) is 0 Å². The zero-order valence-corrected chi connectivity index (χ0v) is 12.4. The molecule has 104 valence electrons. The maximum atomic E-state index is 11.7. The van der Waals surface area contributed by atoms with Crippen LogP contribution in [-0.2, 0) is 14.3 Å². The Balaban J connectivity index is 2.38. The Labute approximate surface area is 121 Å². The van der Waals surface area contributed by atoms with Crippen molar-refractivity contribution in [2.45, 2.75) is 13.0 Å². The monoisotopic (exact) mass is 301 g/mol. The summed E-state index contributed by atoms with van der Waals surface area (Å²) in [4.78, 5) is 22.5. The first kappa shape index (κ1) is 15.9. The van der Waals surface area contributed by atoms with Crippen LogP contribution >= 0.6 is 23.4 Å². The number of benzene rings is 1. The molecule has 0 spiro atoms. The third-order valence-electron chi connectivity index (χ3n) is 2.41. The number of hydrogen-bond acceptors (Lipinski definition) is 4. The molecule has 1 aromatic carbocycles. The topological polar surface area (TPSA) is 55.4 Å². The molecule has 0 saturated carbocycles. The predicted octanol–water partition coefficient (Wildman–Crippen LogP) is 2.42. The van der Waals surface area contributed by atoms with E-state index in [4.69, 9.17) is 11.6 Å². The lowest BCUT2D eigenvalue weighted by molar-refractivity contribution is -0.137. The zero-order valence-electron chi connectivity index (χ0n) is 10.8. The summed E-state index contributed by atoms with van der Waals surface area (Å²) < 4.78 is 4.49. The number of methoxy groups -OCH3 is 1. The summed E-state index contributed by atoms with van der Waals surface area (Å²) in [6.45, 7) is 1.88. The van der Waals surface area contributed by atoms with E-state index in [1.165, 1.54) is 18.9 Å². The van der Waals surface area contributed by atoms with Crippen molar-refractivity contribution >= 4 is 35.2 Å². The fourth-order valence-corrected chi connectivity index (χ4v) is 2.28. The Morgan fingerprint density at radius 1 is 1.42 bits per heavy atom. The summed E-state index contributed by atoms with van der Waals surface area (Å²) in [6.07, 6.45) is 0. The van der Waals surface area contributed by atoms with E-state index in [2.05, 4.69) is 10.1 Å². The van der Waals surface area contributed by atoms with Crippen LogP contribution in [0.25, 0.3) is 0 Å². The van der Waals surface area contributed by atoms with Gasteiger partial charge in [-0.2, -0.15) is 0 Å². The predicted molar refractivity (Wildman–Crippen MR) is 77.4 cm³/mol. The van der Waals surface area contributed by atoms with Crippen molar-refractivity contribution in [3.63, 3.8) is 0 Å². The van der Waals surface area contributed by atoms with Gasteiger partial charge >= 0.3 is 5.97 Å². The summed E-state index contributed by atoms with van der Waals surface area (Å²) in [6, 6.07) is 7.22. The van der Waals surface area contributed by atoms with Crippen molar-refractivity contribution in [3.05, 3.63) is 34.9 Å². The largest absolute Gasteiger partial charge is 0.468 e. The minimum atomic E-state index is -0.333. The van der Waals surface area contributed by atoms with Gasteiger partial charge in [0.25, 0.3) is 0 Å². The lowest BCUT2D eigenvalue weighted by Crippen LogP contribution is -2.28. The molecule has 0 aliphatic heterocycles. The first-order valence-electron chi connectivity index (χ1n) is 5.72. The molecule has 1 rings (SSSR count). The van der Waals surface area contributed by atoms with Crippen molar-refractivity contribution in [2.24, 2.45) is 0 Å². The Hall–Kier alpha value is -1.20. The number of halogens is 1. The molecule has 0 fully saturated rings. The lowest BCUT2D eigenvalue weighted by atomic mass is 10.1. The fourth-order valence-electron chi connectivity index (χ4n) is 1.43. The van der Waals surface area contributed by atoms with Gasteiger partial charge < -0.3 is 10.1 Å². The van der Waals surface area contributed by atoms with Crippen LogP contribution in [0.15, 0.2) is 24.3 Å². The minimum absolute atomic E-state index is 0.120. The van der Waals surface area contributed by atoms with E-state index in [0.29, 0.717) is 5.02 Å². The summed E-state index contributed by atoms with van der Waals surface area (Å²) >= 11 is 7.11. The summed E-state index contributed by atoms with van der Waals surface area (Å²) in [5, 5.41) is 3.48. The van der Waals surface area contributed by atoms with E-state index in [9.17, 15) is 9.59 Å². The highest BCUT2D eigenvalue weighted by atomic mass is 35.5. The number of rotatable bonds is 6. The average Bonchev–Trinajstić information content (AvgIpc) is 2.38. The molecule has 19 heavy (non-hydrogen) atoms. The second-order valence-corrected chi connectivity index (χ2v) is 5.34. The SMILES string of the molecule is COC(=O)CSCC(=O)NC(C)c1cccc(Cl)c1. The van der Waals surface area contributed by atoms with Crippen molar-refractivity contribution in [1.82, 2.24) is 5.32 Å². The van der Waals surface area contributed by atoms with Gasteiger partial charge in [-0.15, -0.1) is 11.8 Å². The maximum Gasteiger partial charge on any atom is 0.315 e. The van der Waals surface area contributed by atoms with Gasteiger partial charge in [-0.3, -0.25) is 9.59 Å². The first-order chi connectivity index (χ1) is 9.02. The standard InChI is InChI=1S/C13H16ClNO3S/c1-9(10-4-3-5-11(14)6-10)15-12(16)7-19-8-13(17)18-2/h3-6,9H,7-8H2,1-2H3,(H,15,16). The van der Waals surface area contributed by atoms with E-state index in [1.807, 2.05) is 25.1 Å². The van der Waals surface area contributed by atoms with Crippen LogP contribution in [0.4, 0.5) is 0 Å². The van der Waals surface area contributed by atoms with Crippen LogP contribution in [0.1, 0.15) is 18.5 Å². The molecule has 6 heteroatoms. The first-order valence-corrected chi connectivity index (χ1v) is 7.25. The number of carbonyl (C=O) groups excluding carboxylic acids is 2. The van der Waals surface area contributed by atoms with Crippen molar-refractivity contribution < 1.29 is 14.3 Å². The number of amides is 1. The molecule has 0 aromatic heterocycles. The highest BCUT2D eigenvalue weighted by Crippen LogP contribution is 2.17. The molecular weight excluding hydrogens is 286 g/mol. The number of hydrogen-bond donors (Lipinski definition) is 1. The van der Waals surface area contributed by atoms with Crippen LogP contribution in [0, 0.1) is 0 Å². The van der Waals surface area contributed by atoms with Gasteiger partial charge in [0.05, 0.1) is 24.7 Å². The van der Waals surface area contributed by atoms with Crippen molar-refractivity contribution in [2.75, 3.05) is 18.6 Å². The molecule has 0 radical (unpaired) electrons. The quantitative estimate of drug-likeness (QED) is 0.820. The highest BCUT2D eigenvalue weighted by molar-refractivity contribution is 8.00. The lowest BCUT2D eigenvalue weighted by Gasteiger charge is -2.14. The van der Waals surface area contributed by atoms with Crippen LogP contribution in [0.2, 0.25) is 5.02 Å². The summed E-state index contributed by atoms with van der Waals surface area (Å²) in [7, 11) is 1.32. The van der Waals surface area contributed by atoms with Gasteiger partial charge in [0.15, 0.2) is 0 Å². The van der Waals surface area contributed by atoms with E-state index < -0.39 is 0 Å². The normalized spacial score (nSPS) is 11.7. The molecule has 0 aliphatic rings. The number of esters is 1. The number of nitrogens with one attached hydrogen (secondary N) is 1. The van der Waals surface area contributed by atoms with Gasteiger partial charge in [-0.25, -0.2) is 0 Å². The Kier molecular flexibility index (Phi) is 6.73.